The number of amides is 1. The van der Waals surface area contributed by atoms with E-state index in [1.54, 1.807) is 16.6 Å². The van der Waals surface area contributed by atoms with Crippen LogP contribution in [0, 0.1) is 12.7 Å². The van der Waals surface area contributed by atoms with Crippen LogP contribution in [0.4, 0.5) is 4.39 Å². The molecule has 1 aliphatic rings. The highest BCUT2D eigenvalue weighted by molar-refractivity contribution is 5.92. The number of halogens is 1. The van der Waals surface area contributed by atoms with Crippen molar-refractivity contribution in [2.75, 3.05) is 26.7 Å². The Morgan fingerprint density at radius 3 is 2.72 bits per heavy atom. The van der Waals surface area contributed by atoms with Crippen LogP contribution in [0.15, 0.2) is 60.8 Å². The highest BCUT2D eigenvalue weighted by atomic mass is 19.1. The SMILES string of the molecule is Cc1cccc(C(=O)N2CCN(C)C(c3nnn4cc(-c5cccc(F)c5)ccc34)C2)n1. The second kappa shape index (κ2) is 8.12. The van der Waals surface area contributed by atoms with Gasteiger partial charge in [-0.15, -0.1) is 5.10 Å². The lowest BCUT2D eigenvalue weighted by Crippen LogP contribution is -2.49. The fourth-order valence-electron chi connectivity index (χ4n) is 4.17. The highest BCUT2D eigenvalue weighted by Gasteiger charge is 2.32. The van der Waals surface area contributed by atoms with Crippen molar-refractivity contribution in [1.82, 2.24) is 29.6 Å². The molecule has 32 heavy (non-hydrogen) atoms. The second-order valence-electron chi connectivity index (χ2n) is 8.14. The minimum absolute atomic E-state index is 0.0725. The topological polar surface area (TPSA) is 66.6 Å². The molecule has 3 aromatic heterocycles. The lowest BCUT2D eigenvalue weighted by Gasteiger charge is -2.38. The zero-order valence-corrected chi connectivity index (χ0v) is 17.9. The van der Waals surface area contributed by atoms with Crippen LogP contribution < -0.4 is 0 Å². The van der Waals surface area contributed by atoms with Crippen molar-refractivity contribution in [2.45, 2.75) is 13.0 Å². The third-order valence-electron chi connectivity index (χ3n) is 5.96. The Balaban J connectivity index is 1.44. The number of carbonyl (C=O) groups excluding carboxylic acids is 1. The molecule has 0 radical (unpaired) electrons. The van der Waals surface area contributed by atoms with Crippen LogP contribution in [0.1, 0.15) is 27.9 Å². The van der Waals surface area contributed by atoms with Crippen molar-refractivity contribution >= 4 is 11.4 Å². The van der Waals surface area contributed by atoms with Crippen LogP contribution in [0.2, 0.25) is 0 Å². The lowest BCUT2D eigenvalue weighted by atomic mass is 10.1. The van der Waals surface area contributed by atoms with Gasteiger partial charge in [-0.1, -0.05) is 29.5 Å². The minimum Gasteiger partial charge on any atom is -0.334 e. The number of aryl methyl sites for hydroxylation is 1. The predicted molar refractivity (Wildman–Crippen MR) is 119 cm³/mol. The molecule has 1 aromatic carbocycles. The van der Waals surface area contributed by atoms with Gasteiger partial charge in [-0.2, -0.15) is 0 Å². The molecular weight excluding hydrogens is 407 g/mol. The standard InChI is InChI=1S/C24H23FN6O/c1-16-5-3-8-20(26-16)24(32)30-12-11-29(2)22(15-30)23-21-10-9-18(14-31(21)28-27-23)17-6-4-7-19(25)13-17/h3-10,13-14,22H,11-12,15H2,1-2H3. The van der Waals surface area contributed by atoms with Crippen molar-refractivity contribution in [3.8, 4) is 11.1 Å². The fourth-order valence-corrected chi connectivity index (χ4v) is 4.17. The van der Waals surface area contributed by atoms with Gasteiger partial charge >= 0.3 is 0 Å². The summed E-state index contributed by atoms with van der Waals surface area (Å²) in [6.07, 6.45) is 1.85. The van der Waals surface area contributed by atoms with Crippen molar-refractivity contribution in [3.63, 3.8) is 0 Å². The Hall–Kier alpha value is -3.65. The Labute approximate surface area is 185 Å². The van der Waals surface area contributed by atoms with E-state index in [-0.39, 0.29) is 17.8 Å². The number of fused-ring (bicyclic) bond motifs is 1. The maximum absolute atomic E-state index is 13.6. The van der Waals surface area contributed by atoms with Crippen molar-refractivity contribution < 1.29 is 9.18 Å². The van der Waals surface area contributed by atoms with Crippen molar-refractivity contribution in [1.29, 1.82) is 0 Å². The van der Waals surface area contributed by atoms with Gasteiger partial charge in [-0.25, -0.2) is 13.9 Å². The number of benzene rings is 1. The molecule has 1 atom stereocenters. The predicted octanol–water partition coefficient (Wildman–Crippen LogP) is 3.37. The first-order valence-electron chi connectivity index (χ1n) is 10.5. The molecule has 1 amide bonds. The summed E-state index contributed by atoms with van der Waals surface area (Å²) in [5.74, 6) is -0.352. The highest BCUT2D eigenvalue weighted by Crippen LogP contribution is 2.28. The quantitative estimate of drug-likeness (QED) is 0.499. The van der Waals surface area contributed by atoms with Gasteiger partial charge in [0.2, 0.25) is 0 Å². The van der Waals surface area contributed by atoms with E-state index in [4.69, 9.17) is 0 Å². The molecule has 5 rings (SSSR count). The monoisotopic (exact) mass is 430 g/mol. The van der Waals surface area contributed by atoms with Crippen LogP contribution in [-0.4, -0.2) is 62.2 Å². The van der Waals surface area contributed by atoms with E-state index in [9.17, 15) is 9.18 Å². The van der Waals surface area contributed by atoms with Gasteiger partial charge in [0.25, 0.3) is 5.91 Å². The first kappa shape index (κ1) is 20.3. The molecule has 8 heteroatoms. The summed E-state index contributed by atoms with van der Waals surface area (Å²) in [6, 6.07) is 15.8. The minimum atomic E-state index is -0.279. The molecule has 0 spiro atoms. The van der Waals surface area contributed by atoms with Gasteiger partial charge in [0, 0.05) is 37.1 Å². The molecular formula is C24H23FN6O. The summed E-state index contributed by atoms with van der Waals surface area (Å²) in [5.41, 5.74) is 4.59. The van der Waals surface area contributed by atoms with E-state index in [1.165, 1.54) is 12.1 Å². The molecule has 1 saturated heterocycles. The van der Waals surface area contributed by atoms with E-state index in [2.05, 4.69) is 20.2 Å². The van der Waals surface area contributed by atoms with Crippen LogP contribution in [0.3, 0.4) is 0 Å². The normalized spacial score (nSPS) is 17.1. The molecule has 0 saturated carbocycles. The first-order valence-corrected chi connectivity index (χ1v) is 10.5. The average Bonchev–Trinajstić information content (AvgIpc) is 3.22. The van der Waals surface area contributed by atoms with Gasteiger partial charge < -0.3 is 4.90 Å². The lowest BCUT2D eigenvalue weighted by molar-refractivity contribution is 0.0536. The number of likely N-dealkylation sites (N-methyl/N-ethyl adjacent to an activating group) is 1. The second-order valence-corrected chi connectivity index (χ2v) is 8.14. The molecule has 1 unspecified atom stereocenters. The molecule has 0 N–H and O–H groups in total. The van der Waals surface area contributed by atoms with Crippen molar-refractivity contribution in [2.24, 2.45) is 0 Å². The molecule has 1 fully saturated rings. The zero-order chi connectivity index (χ0) is 22.2. The number of hydrogen-bond donors (Lipinski definition) is 0. The number of aromatic nitrogens is 4. The van der Waals surface area contributed by atoms with Gasteiger partial charge in [-0.05, 0) is 49.9 Å². The van der Waals surface area contributed by atoms with E-state index in [0.29, 0.717) is 18.8 Å². The van der Waals surface area contributed by atoms with Crippen LogP contribution in [-0.2, 0) is 0 Å². The van der Waals surface area contributed by atoms with E-state index < -0.39 is 0 Å². The average molecular weight is 430 g/mol. The van der Waals surface area contributed by atoms with Crippen molar-refractivity contribution in [3.05, 3.63) is 83.7 Å². The Morgan fingerprint density at radius 2 is 1.91 bits per heavy atom. The number of hydrogen-bond acceptors (Lipinski definition) is 5. The molecule has 0 bridgehead atoms. The molecule has 162 valence electrons. The number of nitrogens with zero attached hydrogens (tertiary/aromatic N) is 6. The first-order chi connectivity index (χ1) is 15.5. The van der Waals surface area contributed by atoms with Gasteiger partial charge in [0.1, 0.15) is 17.2 Å². The Kier molecular flexibility index (Phi) is 5.14. The summed E-state index contributed by atoms with van der Waals surface area (Å²) >= 11 is 0. The third kappa shape index (κ3) is 3.73. The molecule has 1 aliphatic heterocycles. The fraction of sp³-hybridized carbons (Fsp3) is 0.250. The van der Waals surface area contributed by atoms with Crippen LogP contribution in [0.5, 0.6) is 0 Å². The number of rotatable bonds is 3. The molecule has 4 heterocycles. The number of carbonyl (C=O) groups is 1. The molecule has 7 nitrogen and oxygen atoms in total. The van der Waals surface area contributed by atoms with E-state index >= 15 is 0 Å². The summed E-state index contributed by atoms with van der Waals surface area (Å²) < 4.78 is 15.3. The summed E-state index contributed by atoms with van der Waals surface area (Å²) in [4.78, 5) is 21.5. The number of piperazine rings is 1. The molecule has 0 aliphatic carbocycles. The summed E-state index contributed by atoms with van der Waals surface area (Å²) in [6.45, 7) is 3.74. The van der Waals surface area contributed by atoms with Crippen LogP contribution in [0.25, 0.3) is 16.6 Å². The summed E-state index contributed by atoms with van der Waals surface area (Å²) in [5, 5.41) is 8.75. The maximum Gasteiger partial charge on any atom is 0.272 e. The van der Waals surface area contributed by atoms with Gasteiger partial charge in [0.15, 0.2) is 0 Å². The maximum atomic E-state index is 13.6. The van der Waals surface area contributed by atoms with Gasteiger partial charge in [0.05, 0.1) is 11.6 Å². The van der Waals surface area contributed by atoms with E-state index in [0.717, 1.165) is 34.6 Å². The third-order valence-corrected chi connectivity index (χ3v) is 5.96. The molecule has 4 aromatic rings. The van der Waals surface area contributed by atoms with E-state index in [1.807, 2.05) is 55.4 Å². The summed E-state index contributed by atoms with van der Waals surface area (Å²) in [7, 11) is 2.03. The number of pyridine rings is 2. The Bertz CT molecular complexity index is 1300. The zero-order valence-electron chi connectivity index (χ0n) is 17.9. The smallest absolute Gasteiger partial charge is 0.272 e. The Morgan fingerprint density at radius 1 is 1.06 bits per heavy atom. The largest absolute Gasteiger partial charge is 0.334 e. The van der Waals surface area contributed by atoms with Gasteiger partial charge in [-0.3, -0.25) is 9.69 Å². The van der Waals surface area contributed by atoms with Crippen LogP contribution >= 0.6 is 0 Å².